The Balaban J connectivity index is 1.58. The van der Waals surface area contributed by atoms with E-state index in [9.17, 15) is 4.79 Å². The molecule has 8 heteroatoms. The lowest BCUT2D eigenvalue weighted by atomic mass is 9.84. The Morgan fingerprint density at radius 1 is 1.06 bits per heavy atom. The molecule has 0 bridgehead atoms. The van der Waals surface area contributed by atoms with E-state index in [1.807, 2.05) is 36.4 Å². The van der Waals surface area contributed by atoms with Gasteiger partial charge in [0.1, 0.15) is 30.0 Å². The molecule has 2 aliphatic rings. The molecule has 1 N–H and O–H groups in total. The summed E-state index contributed by atoms with van der Waals surface area (Å²) in [5.41, 5.74) is 4.16. The number of fused-ring (bicyclic) bond motifs is 3. The third-order valence-corrected chi connectivity index (χ3v) is 6.16. The lowest BCUT2D eigenvalue weighted by Crippen LogP contribution is -2.32. The normalized spacial score (nSPS) is 18.2. The highest BCUT2D eigenvalue weighted by atomic mass is 19.1. The predicted octanol–water partition coefficient (Wildman–Crippen LogP) is 4.76. The van der Waals surface area contributed by atoms with Crippen LogP contribution in [0.2, 0.25) is 0 Å². The van der Waals surface area contributed by atoms with Gasteiger partial charge in [0.05, 0.1) is 18.4 Å². The third-order valence-electron chi connectivity index (χ3n) is 6.16. The minimum absolute atomic E-state index is 0.346. The molecule has 2 aliphatic heterocycles. The Bertz CT molecular complexity index is 1440. The number of carbonyl (C=O) groups is 1. The molecule has 0 spiro atoms. The molecule has 3 aromatic carbocycles. The Hall–Kier alpha value is -4.46. The van der Waals surface area contributed by atoms with E-state index in [1.165, 1.54) is 19.5 Å². The monoisotopic (exact) mass is 454 g/mol. The van der Waals surface area contributed by atoms with Crippen LogP contribution >= 0.6 is 0 Å². The summed E-state index contributed by atoms with van der Waals surface area (Å²) in [6.45, 7) is 0. The number of aromatic nitrogens is 3. The second kappa shape index (κ2) is 7.84. The van der Waals surface area contributed by atoms with Crippen LogP contribution < -0.4 is 10.1 Å². The molecule has 0 saturated heterocycles. The number of methoxy groups -OCH3 is 1. The van der Waals surface area contributed by atoms with Crippen LogP contribution in [0.4, 0.5) is 10.3 Å². The minimum Gasteiger partial charge on any atom is -0.480 e. The molecular weight excluding hydrogens is 435 g/mol. The van der Waals surface area contributed by atoms with Crippen LogP contribution in [0.3, 0.4) is 0 Å². The Morgan fingerprint density at radius 3 is 2.62 bits per heavy atom. The molecule has 2 atom stereocenters. The molecular formula is C26H19FN4O3. The molecule has 34 heavy (non-hydrogen) atoms. The van der Waals surface area contributed by atoms with Gasteiger partial charge in [0, 0.05) is 16.7 Å². The molecule has 4 aromatic rings. The van der Waals surface area contributed by atoms with E-state index < -0.39 is 18.1 Å². The average molecular weight is 454 g/mol. The van der Waals surface area contributed by atoms with Gasteiger partial charge in [-0.25, -0.2) is 13.9 Å². The molecule has 0 radical (unpaired) electrons. The molecule has 0 saturated carbocycles. The highest BCUT2D eigenvalue weighted by molar-refractivity contribution is 5.89. The van der Waals surface area contributed by atoms with Crippen molar-refractivity contribution < 1.29 is 18.7 Å². The molecule has 1 aromatic heterocycles. The number of para-hydroxylation sites is 1. The van der Waals surface area contributed by atoms with Gasteiger partial charge in [-0.3, -0.25) is 0 Å². The number of esters is 1. The van der Waals surface area contributed by atoms with Gasteiger partial charge >= 0.3 is 5.97 Å². The highest BCUT2D eigenvalue weighted by Gasteiger charge is 2.41. The maximum absolute atomic E-state index is 15.1. The van der Waals surface area contributed by atoms with E-state index in [2.05, 4.69) is 15.4 Å². The highest BCUT2D eigenvalue weighted by Crippen LogP contribution is 2.50. The summed E-state index contributed by atoms with van der Waals surface area (Å²) in [5.74, 6) is 0.443. The quantitative estimate of drug-likeness (QED) is 0.450. The van der Waals surface area contributed by atoms with E-state index in [1.54, 1.807) is 35.0 Å². The van der Waals surface area contributed by atoms with Crippen molar-refractivity contribution in [3.8, 4) is 5.75 Å². The van der Waals surface area contributed by atoms with Crippen LogP contribution in [0.15, 0.2) is 84.7 Å². The van der Waals surface area contributed by atoms with Gasteiger partial charge in [0.2, 0.25) is 5.95 Å². The number of nitrogens with one attached hydrogen (secondary N) is 1. The second-order valence-electron chi connectivity index (χ2n) is 8.02. The predicted molar refractivity (Wildman–Crippen MR) is 123 cm³/mol. The van der Waals surface area contributed by atoms with Crippen LogP contribution in [0.1, 0.15) is 39.2 Å². The van der Waals surface area contributed by atoms with E-state index in [0.29, 0.717) is 22.8 Å². The summed E-state index contributed by atoms with van der Waals surface area (Å²) in [6.07, 6.45) is 0.882. The first kappa shape index (κ1) is 20.2. The number of rotatable bonds is 3. The average Bonchev–Trinajstić information content (AvgIpc) is 3.35. The number of hydrogen-bond donors (Lipinski definition) is 1. The Kier molecular flexibility index (Phi) is 4.65. The summed E-state index contributed by atoms with van der Waals surface area (Å²) in [5, 5.41) is 7.79. The van der Waals surface area contributed by atoms with Crippen molar-refractivity contribution in [1.29, 1.82) is 0 Å². The first-order valence-electron chi connectivity index (χ1n) is 10.7. The first-order valence-corrected chi connectivity index (χ1v) is 10.7. The van der Waals surface area contributed by atoms with E-state index >= 15 is 4.39 Å². The number of hydrogen-bond acceptors (Lipinski definition) is 6. The van der Waals surface area contributed by atoms with Crippen molar-refractivity contribution in [3.05, 3.63) is 113 Å². The number of ether oxygens (including phenoxy) is 2. The second-order valence-corrected chi connectivity index (χ2v) is 8.02. The molecule has 6 rings (SSSR count). The number of halogens is 1. The van der Waals surface area contributed by atoms with Crippen molar-refractivity contribution in [2.45, 2.75) is 12.1 Å². The van der Waals surface area contributed by atoms with Crippen molar-refractivity contribution in [3.63, 3.8) is 0 Å². The van der Waals surface area contributed by atoms with Gasteiger partial charge < -0.3 is 14.8 Å². The van der Waals surface area contributed by atoms with Crippen LogP contribution in [-0.2, 0) is 4.74 Å². The largest absolute Gasteiger partial charge is 0.480 e. The fourth-order valence-electron chi connectivity index (χ4n) is 4.60. The number of carbonyl (C=O) groups excluding carboxylic acids is 1. The maximum Gasteiger partial charge on any atom is 0.337 e. The lowest BCUT2D eigenvalue weighted by molar-refractivity contribution is 0.0600. The fourth-order valence-corrected chi connectivity index (χ4v) is 4.60. The zero-order valence-corrected chi connectivity index (χ0v) is 18.1. The van der Waals surface area contributed by atoms with Crippen LogP contribution in [0, 0.1) is 5.82 Å². The van der Waals surface area contributed by atoms with Gasteiger partial charge in [0.25, 0.3) is 0 Å². The van der Waals surface area contributed by atoms with E-state index in [4.69, 9.17) is 9.47 Å². The van der Waals surface area contributed by atoms with E-state index in [-0.39, 0.29) is 5.82 Å². The van der Waals surface area contributed by atoms with Crippen molar-refractivity contribution in [2.75, 3.05) is 12.4 Å². The van der Waals surface area contributed by atoms with Gasteiger partial charge in [-0.05, 0) is 35.9 Å². The summed E-state index contributed by atoms with van der Waals surface area (Å²) in [6, 6.07) is 20.8. The van der Waals surface area contributed by atoms with Crippen LogP contribution in [0.25, 0.3) is 5.70 Å². The first-order chi connectivity index (χ1) is 16.7. The van der Waals surface area contributed by atoms with Crippen molar-refractivity contribution in [2.24, 2.45) is 0 Å². The third kappa shape index (κ3) is 3.07. The number of anilines is 1. The van der Waals surface area contributed by atoms with Gasteiger partial charge in [0.15, 0.2) is 0 Å². The summed E-state index contributed by atoms with van der Waals surface area (Å²) < 4.78 is 28.1. The van der Waals surface area contributed by atoms with Crippen LogP contribution in [-0.4, -0.2) is 27.8 Å². The van der Waals surface area contributed by atoms with Gasteiger partial charge in [-0.15, -0.1) is 0 Å². The van der Waals surface area contributed by atoms with Gasteiger partial charge in [-0.1, -0.05) is 42.5 Å². The molecule has 0 amide bonds. The Morgan fingerprint density at radius 2 is 1.82 bits per heavy atom. The topological polar surface area (TPSA) is 78.3 Å². The molecule has 3 heterocycles. The van der Waals surface area contributed by atoms with E-state index in [0.717, 1.165) is 22.4 Å². The molecule has 0 fully saturated rings. The van der Waals surface area contributed by atoms with Crippen molar-refractivity contribution >= 4 is 17.6 Å². The number of benzene rings is 3. The van der Waals surface area contributed by atoms with Crippen LogP contribution in [0.5, 0.6) is 5.75 Å². The molecule has 7 nitrogen and oxygen atoms in total. The molecule has 0 aliphatic carbocycles. The molecule has 0 unspecified atom stereocenters. The summed E-state index contributed by atoms with van der Waals surface area (Å²) in [4.78, 5) is 16.3. The minimum atomic E-state index is -0.589. The summed E-state index contributed by atoms with van der Waals surface area (Å²) in [7, 11) is 1.34. The molecule has 168 valence electrons. The zero-order valence-electron chi connectivity index (χ0n) is 18.1. The lowest BCUT2D eigenvalue weighted by Gasteiger charge is -2.39. The zero-order chi connectivity index (χ0) is 23.2. The number of nitrogens with zero attached hydrogens (tertiary/aromatic N) is 3. The Labute approximate surface area is 194 Å². The standard InChI is InChI=1S/C26H19FN4O3/c1-33-25(32)16-12-10-15(11-13-16)24-21-22(18-7-3-5-9-20(18)34-24)30-26-28-14-29-31(26)23(21)17-6-2-4-8-19(17)27/h2-14,23-24H,1H3,(H,28,29,30)/t23-,24+/m0/s1. The van der Waals surface area contributed by atoms with Gasteiger partial charge in [-0.2, -0.15) is 10.1 Å². The SMILES string of the molecule is COC(=O)c1ccc([C@H]2Oc3ccccc3C3=C2[C@H](c2ccccc2F)n2ncnc2N3)cc1. The summed E-state index contributed by atoms with van der Waals surface area (Å²) >= 11 is 0. The smallest absolute Gasteiger partial charge is 0.337 e. The fraction of sp³-hybridized carbons (Fsp3) is 0.115. The van der Waals surface area contributed by atoms with Crippen molar-refractivity contribution in [1.82, 2.24) is 14.8 Å². The maximum atomic E-state index is 15.1.